The zero-order chi connectivity index (χ0) is 16.1. The van der Waals surface area contributed by atoms with Gasteiger partial charge in [-0.3, -0.25) is 9.59 Å². The number of Topliss-reactive ketones (excluding diaryl/α,β-unsaturated/α-hetero) is 1. The van der Waals surface area contributed by atoms with E-state index in [0.29, 0.717) is 13.0 Å². The Bertz CT molecular complexity index is 539. The normalized spacial score (nSPS) is 21.1. The van der Waals surface area contributed by atoms with Crippen molar-refractivity contribution in [3.63, 3.8) is 0 Å². The van der Waals surface area contributed by atoms with Gasteiger partial charge in [0.15, 0.2) is 5.78 Å². The maximum Gasteiger partial charge on any atom is 0.246 e. The van der Waals surface area contributed by atoms with E-state index in [1.807, 2.05) is 30.3 Å². The molecule has 1 amide bonds. The van der Waals surface area contributed by atoms with E-state index in [2.05, 4.69) is 10.2 Å². The lowest BCUT2D eigenvalue weighted by Gasteiger charge is -2.43. The van der Waals surface area contributed by atoms with Crippen LogP contribution < -0.4 is 5.32 Å². The number of ether oxygens (including phenoxy) is 1. The van der Waals surface area contributed by atoms with Gasteiger partial charge in [-0.2, -0.15) is 0 Å². The number of hydrogen-bond donors (Lipinski definition) is 1. The summed E-state index contributed by atoms with van der Waals surface area (Å²) < 4.78 is 5.77. The van der Waals surface area contributed by atoms with Crippen molar-refractivity contribution in [3.8, 4) is 0 Å². The molecule has 1 aromatic carbocycles. The number of nitrogens with one attached hydrogen (secondary N) is 1. The number of likely N-dealkylation sites (tertiary alicyclic amines) is 1. The molecule has 1 spiro atoms. The van der Waals surface area contributed by atoms with Gasteiger partial charge in [0.05, 0.1) is 5.60 Å². The highest BCUT2D eigenvalue weighted by Crippen LogP contribution is 2.27. The summed E-state index contributed by atoms with van der Waals surface area (Å²) in [5.74, 6) is 0.204. The summed E-state index contributed by atoms with van der Waals surface area (Å²) in [6.07, 6.45) is 3.37. The Labute approximate surface area is 137 Å². The molecule has 1 aromatic rings. The lowest BCUT2D eigenvalue weighted by Crippen LogP contribution is -2.57. The number of morpholine rings is 1. The van der Waals surface area contributed by atoms with Gasteiger partial charge in [0.25, 0.3) is 0 Å². The van der Waals surface area contributed by atoms with E-state index in [4.69, 9.17) is 4.74 Å². The number of ketones is 1. The smallest absolute Gasteiger partial charge is 0.246 e. The van der Waals surface area contributed by atoms with Gasteiger partial charge in [0.2, 0.25) is 5.91 Å². The van der Waals surface area contributed by atoms with E-state index in [1.54, 1.807) is 0 Å². The van der Waals surface area contributed by atoms with Gasteiger partial charge in [-0.15, -0.1) is 0 Å². The molecule has 5 nitrogen and oxygen atoms in total. The van der Waals surface area contributed by atoms with E-state index in [-0.39, 0.29) is 23.9 Å². The Morgan fingerprint density at radius 2 is 1.96 bits per heavy atom. The molecule has 2 saturated heterocycles. The van der Waals surface area contributed by atoms with Crippen LogP contribution in [0, 0.1) is 0 Å². The average Bonchev–Trinajstić information content (AvgIpc) is 2.60. The summed E-state index contributed by atoms with van der Waals surface area (Å²) in [6.45, 7) is 3.70. The lowest BCUT2D eigenvalue weighted by molar-refractivity contribution is -0.150. The number of carbonyl (C=O) groups is 2. The lowest BCUT2D eigenvalue weighted by atomic mass is 9.90. The third kappa shape index (κ3) is 4.18. The standard InChI is InChI=1S/C18H24N2O3/c21-16(15-5-2-1-3-6-15)7-4-10-20-11-8-18(9-12-20)14-19-17(22)13-23-18/h1-3,5-6H,4,7-14H2,(H,19,22). The number of rotatable bonds is 5. The number of nitrogens with zero attached hydrogens (tertiary/aromatic N) is 1. The minimum atomic E-state index is -0.162. The maximum atomic E-state index is 12.1. The molecule has 1 N–H and O–H groups in total. The van der Waals surface area contributed by atoms with Crippen LogP contribution in [0.15, 0.2) is 30.3 Å². The third-order valence-corrected chi connectivity index (χ3v) is 4.86. The maximum absolute atomic E-state index is 12.1. The Balaban J connectivity index is 1.38. The third-order valence-electron chi connectivity index (χ3n) is 4.86. The molecule has 0 unspecified atom stereocenters. The second kappa shape index (κ2) is 7.23. The van der Waals surface area contributed by atoms with Crippen LogP contribution in [-0.2, 0) is 9.53 Å². The van der Waals surface area contributed by atoms with E-state index in [1.165, 1.54) is 0 Å². The minimum Gasteiger partial charge on any atom is -0.363 e. The largest absolute Gasteiger partial charge is 0.363 e. The molecule has 3 rings (SSSR count). The van der Waals surface area contributed by atoms with Crippen molar-refractivity contribution in [1.82, 2.24) is 10.2 Å². The first kappa shape index (κ1) is 16.1. The van der Waals surface area contributed by atoms with Crippen LogP contribution >= 0.6 is 0 Å². The van der Waals surface area contributed by atoms with Gasteiger partial charge in [0.1, 0.15) is 6.61 Å². The Morgan fingerprint density at radius 1 is 1.22 bits per heavy atom. The highest BCUT2D eigenvalue weighted by atomic mass is 16.5. The molecule has 0 aliphatic carbocycles. The monoisotopic (exact) mass is 316 g/mol. The van der Waals surface area contributed by atoms with Gasteiger partial charge < -0.3 is 15.0 Å². The fourth-order valence-corrected chi connectivity index (χ4v) is 3.32. The molecular formula is C18H24N2O3. The fourth-order valence-electron chi connectivity index (χ4n) is 3.32. The first-order valence-electron chi connectivity index (χ1n) is 8.38. The van der Waals surface area contributed by atoms with Crippen LogP contribution in [0.25, 0.3) is 0 Å². The van der Waals surface area contributed by atoms with Crippen molar-refractivity contribution in [2.75, 3.05) is 32.8 Å². The molecule has 124 valence electrons. The molecule has 2 heterocycles. The summed E-state index contributed by atoms with van der Waals surface area (Å²) >= 11 is 0. The van der Waals surface area contributed by atoms with E-state index >= 15 is 0 Å². The van der Waals surface area contributed by atoms with E-state index in [0.717, 1.165) is 44.5 Å². The zero-order valence-electron chi connectivity index (χ0n) is 13.4. The summed E-state index contributed by atoms with van der Waals surface area (Å²) in [5.41, 5.74) is 0.640. The minimum absolute atomic E-state index is 0.0162. The van der Waals surface area contributed by atoms with Crippen molar-refractivity contribution in [1.29, 1.82) is 0 Å². The van der Waals surface area contributed by atoms with Gasteiger partial charge in [-0.05, 0) is 25.8 Å². The molecule has 0 aromatic heterocycles. The van der Waals surface area contributed by atoms with Crippen LogP contribution in [0.3, 0.4) is 0 Å². The van der Waals surface area contributed by atoms with Gasteiger partial charge >= 0.3 is 0 Å². The van der Waals surface area contributed by atoms with Crippen molar-refractivity contribution >= 4 is 11.7 Å². The molecule has 0 bridgehead atoms. The number of hydrogen-bond acceptors (Lipinski definition) is 4. The average molecular weight is 316 g/mol. The highest BCUT2D eigenvalue weighted by molar-refractivity contribution is 5.95. The summed E-state index contributed by atoms with van der Waals surface area (Å²) in [5, 5.41) is 2.91. The fraction of sp³-hybridized carbons (Fsp3) is 0.556. The molecule has 0 atom stereocenters. The number of piperidine rings is 1. The molecule has 0 radical (unpaired) electrons. The van der Waals surface area contributed by atoms with Crippen LogP contribution in [0.1, 0.15) is 36.0 Å². The topological polar surface area (TPSA) is 58.6 Å². The van der Waals surface area contributed by atoms with Crippen molar-refractivity contribution in [3.05, 3.63) is 35.9 Å². The summed E-state index contributed by atoms with van der Waals surface area (Å²) in [6, 6.07) is 9.49. The second-order valence-corrected chi connectivity index (χ2v) is 6.48. The quantitative estimate of drug-likeness (QED) is 0.839. The van der Waals surface area contributed by atoms with E-state index < -0.39 is 0 Å². The molecule has 2 aliphatic heterocycles. The number of amides is 1. The van der Waals surface area contributed by atoms with Gasteiger partial charge in [-0.25, -0.2) is 0 Å². The van der Waals surface area contributed by atoms with Gasteiger partial charge in [0, 0.05) is 31.6 Å². The van der Waals surface area contributed by atoms with E-state index in [9.17, 15) is 9.59 Å². The first-order chi connectivity index (χ1) is 11.2. The molecule has 0 saturated carbocycles. The number of carbonyl (C=O) groups excluding carboxylic acids is 2. The summed E-state index contributed by atoms with van der Waals surface area (Å²) in [4.78, 5) is 25.7. The van der Waals surface area contributed by atoms with Crippen molar-refractivity contribution in [2.24, 2.45) is 0 Å². The summed E-state index contributed by atoms with van der Waals surface area (Å²) in [7, 11) is 0. The van der Waals surface area contributed by atoms with Crippen molar-refractivity contribution < 1.29 is 14.3 Å². The molecule has 2 aliphatic rings. The first-order valence-corrected chi connectivity index (χ1v) is 8.38. The van der Waals surface area contributed by atoms with Crippen molar-refractivity contribution in [2.45, 2.75) is 31.3 Å². The predicted octanol–water partition coefficient (Wildman–Crippen LogP) is 1.63. The Hall–Kier alpha value is -1.72. The molecular weight excluding hydrogens is 292 g/mol. The molecule has 2 fully saturated rings. The van der Waals surface area contributed by atoms with Crippen LogP contribution in [0.5, 0.6) is 0 Å². The Morgan fingerprint density at radius 3 is 2.61 bits per heavy atom. The predicted molar refractivity (Wildman–Crippen MR) is 87.4 cm³/mol. The highest BCUT2D eigenvalue weighted by Gasteiger charge is 2.38. The Kier molecular flexibility index (Phi) is 5.08. The SMILES string of the molecule is O=C1COC2(CCN(CCCC(=O)c3ccccc3)CC2)CN1. The van der Waals surface area contributed by atoms with Gasteiger partial charge in [-0.1, -0.05) is 30.3 Å². The molecule has 23 heavy (non-hydrogen) atoms. The number of benzene rings is 1. The zero-order valence-corrected chi connectivity index (χ0v) is 13.4. The second-order valence-electron chi connectivity index (χ2n) is 6.48. The molecule has 5 heteroatoms. The van der Waals surface area contributed by atoms with Crippen LogP contribution in [-0.4, -0.2) is 55.0 Å². The van der Waals surface area contributed by atoms with Crippen LogP contribution in [0.2, 0.25) is 0 Å². The van der Waals surface area contributed by atoms with Crippen LogP contribution in [0.4, 0.5) is 0 Å².